The highest BCUT2D eigenvalue weighted by atomic mass is 16.5. The fraction of sp³-hybridized carbons (Fsp3) is 0.667. The van der Waals surface area contributed by atoms with Gasteiger partial charge >= 0.3 is 11.9 Å². The molecule has 0 heterocycles. The summed E-state index contributed by atoms with van der Waals surface area (Å²) >= 11 is 0. The van der Waals surface area contributed by atoms with Crippen molar-refractivity contribution in [3.8, 4) is 0 Å². The molecule has 22 heavy (non-hydrogen) atoms. The maximum atomic E-state index is 11.1. The van der Waals surface area contributed by atoms with Crippen LogP contribution in [0.2, 0.25) is 0 Å². The van der Waals surface area contributed by atoms with Gasteiger partial charge in [0, 0.05) is 11.6 Å². The molecule has 0 atom stereocenters. The third-order valence-corrected chi connectivity index (χ3v) is 3.00. The molecule has 0 aliphatic rings. The van der Waals surface area contributed by atoms with Crippen molar-refractivity contribution in [2.24, 2.45) is 0 Å². The van der Waals surface area contributed by atoms with Gasteiger partial charge < -0.3 is 9.84 Å². The molecule has 0 rings (SSSR count). The first-order chi connectivity index (χ1) is 10.5. The van der Waals surface area contributed by atoms with E-state index in [1.807, 2.05) is 0 Å². The second-order valence-corrected chi connectivity index (χ2v) is 5.29. The van der Waals surface area contributed by atoms with Crippen LogP contribution in [0.3, 0.4) is 0 Å². The molecule has 0 amide bonds. The Bertz CT molecular complexity index is 321. The van der Waals surface area contributed by atoms with Crippen LogP contribution in [0.15, 0.2) is 24.8 Å². The number of carboxylic acid groups (broad SMARTS) is 1. The molecular weight excluding hydrogens is 280 g/mol. The summed E-state index contributed by atoms with van der Waals surface area (Å²) in [6.45, 7) is 11.0. The lowest BCUT2D eigenvalue weighted by Crippen LogP contribution is -2.05. The van der Waals surface area contributed by atoms with Crippen LogP contribution in [0.25, 0.3) is 0 Å². The first kappa shape index (κ1) is 22.7. The van der Waals surface area contributed by atoms with Crippen LogP contribution in [-0.4, -0.2) is 23.7 Å². The third-order valence-electron chi connectivity index (χ3n) is 3.00. The predicted octanol–water partition coefficient (Wildman–Crippen LogP) is 4.89. The molecule has 0 saturated heterocycles. The molecule has 0 spiro atoms. The largest absolute Gasteiger partial charge is 0.478 e. The van der Waals surface area contributed by atoms with Crippen LogP contribution in [0.5, 0.6) is 0 Å². The minimum Gasteiger partial charge on any atom is -0.478 e. The molecule has 0 bridgehead atoms. The molecule has 0 radical (unpaired) electrons. The van der Waals surface area contributed by atoms with Crippen LogP contribution in [0.1, 0.15) is 71.6 Å². The zero-order valence-corrected chi connectivity index (χ0v) is 14.2. The van der Waals surface area contributed by atoms with Gasteiger partial charge in [0.25, 0.3) is 0 Å². The molecule has 0 aromatic rings. The number of rotatable bonds is 12. The number of ether oxygens (including phenoxy) is 1. The van der Waals surface area contributed by atoms with Crippen molar-refractivity contribution in [2.45, 2.75) is 71.6 Å². The Kier molecular flexibility index (Phi) is 18.0. The lowest BCUT2D eigenvalue weighted by molar-refractivity contribution is -0.139. The Morgan fingerprint density at radius 1 is 1.00 bits per heavy atom. The summed E-state index contributed by atoms with van der Waals surface area (Å²) in [7, 11) is 0. The van der Waals surface area contributed by atoms with Gasteiger partial charge in [0.05, 0.1) is 6.61 Å². The minimum atomic E-state index is -0.981. The van der Waals surface area contributed by atoms with Gasteiger partial charge in [0.1, 0.15) is 0 Å². The molecule has 0 aromatic carbocycles. The third kappa shape index (κ3) is 20.7. The Morgan fingerprint density at radius 3 is 1.77 bits per heavy atom. The van der Waals surface area contributed by atoms with E-state index in [0.29, 0.717) is 12.2 Å². The molecule has 0 fully saturated rings. The van der Waals surface area contributed by atoms with E-state index in [9.17, 15) is 9.59 Å². The highest BCUT2D eigenvalue weighted by Gasteiger charge is 2.01. The standard InChI is InChI=1S/C15H28O2.C3H4O2/c1-4-5-6-7-8-9-10-11-12-13-17-15(16)14(2)3;1-2-3(4)5/h2,4-13H2,1,3H3;2H,1H2,(H,4,5). The Labute approximate surface area is 135 Å². The predicted molar refractivity (Wildman–Crippen MR) is 90.8 cm³/mol. The quantitative estimate of drug-likeness (QED) is 0.316. The molecule has 1 N–H and O–H groups in total. The van der Waals surface area contributed by atoms with Crippen molar-refractivity contribution in [2.75, 3.05) is 6.61 Å². The summed E-state index contributed by atoms with van der Waals surface area (Å²) < 4.78 is 5.02. The Balaban J connectivity index is 0. The molecule has 0 saturated carbocycles. The summed E-state index contributed by atoms with van der Waals surface area (Å²) in [4.78, 5) is 20.3. The van der Waals surface area contributed by atoms with E-state index < -0.39 is 5.97 Å². The number of carboxylic acids is 1. The van der Waals surface area contributed by atoms with E-state index in [1.165, 1.54) is 44.9 Å². The summed E-state index contributed by atoms with van der Waals surface area (Å²) in [5.74, 6) is -1.24. The van der Waals surface area contributed by atoms with Crippen molar-refractivity contribution in [3.05, 3.63) is 24.8 Å². The lowest BCUT2D eigenvalue weighted by atomic mass is 10.1. The first-order valence-corrected chi connectivity index (χ1v) is 8.13. The average Bonchev–Trinajstić information content (AvgIpc) is 2.49. The van der Waals surface area contributed by atoms with E-state index in [4.69, 9.17) is 9.84 Å². The number of carbonyl (C=O) groups excluding carboxylic acids is 1. The molecule has 4 heteroatoms. The van der Waals surface area contributed by atoms with Gasteiger partial charge in [0.2, 0.25) is 0 Å². The van der Waals surface area contributed by atoms with Gasteiger partial charge in [-0.2, -0.15) is 0 Å². The van der Waals surface area contributed by atoms with Crippen molar-refractivity contribution < 1.29 is 19.4 Å². The van der Waals surface area contributed by atoms with Crippen molar-refractivity contribution in [1.29, 1.82) is 0 Å². The van der Waals surface area contributed by atoms with E-state index in [2.05, 4.69) is 20.1 Å². The first-order valence-electron chi connectivity index (χ1n) is 8.13. The monoisotopic (exact) mass is 312 g/mol. The van der Waals surface area contributed by atoms with Crippen LogP contribution < -0.4 is 0 Å². The van der Waals surface area contributed by atoms with E-state index in [0.717, 1.165) is 18.9 Å². The number of hydrogen-bond donors (Lipinski definition) is 1. The molecule has 0 aromatic heterocycles. The normalized spacial score (nSPS) is 9.36. The molecule has 128 valence electrons. The fourth-order valence-electron chi connectivity index (χ4n) is 1.70. The minimum absolute atomic E-state index is 0.260. The Morgan fingerprint density at radius 2 is 1.41 bits per heavy atom. The zero-order chi connectivity index (χ0) is 17.2. The second-order valence-electron chi connectivity index (χ2n) is 5.29. The molecule has 0 aliphatic carbocycles. The highest BCUT2D eigenvalue weighted by Crippen LogP contribution is 2.09. The smallest absolute Gasteiger partial charge is 0.333 e. The van der Waals surface area contributed by atoms with E-state index in [1.54, 1.807) is 6.92 Å². The molecule has 4 nitrogen and oxygen atoms in total. The maximum absolute atomic E-state index is 11.1. The van der Waals surface area contributed by atoms with Crippen LogP contribution in [0, 0.1) is 0 Å². The molecule has 0 unspecified atom stereocenters. The fourth-order valence-corrected chi connectivity index (χ4v) is 1.70. The van der Waals surface area contributed by atoms with Crippen molar-refractivity contribution >= 4 is 11.9 Å². The van der Waals surface area contributed by atoms with Crippen LogP contribution in [-0.2, 0) is 14.3 Å². The van der Waals surface area contributed by atoms with Gasteiger partial charge in [0.15, 0.2) is 0 Å². The topological polar surface area (TPSA) is 63.6 Å². The number of carbonyl (C=O) groups is 2. The SMILES string of the molecule is C=C(C)C(=O)OCCCCCCCCCCC.C=CC(=O)O. The molecule has 0 aliphatic heterocycles. The summed E-state index contributed by atoms with van der Waals surface area (Å²) in [6.07, 6.45) is 12.3. The van der Waals surface area contributed by atoms with E-state index in [-0.39, 0.29) is 5.97 Å². The van der Waals surface area contributed by atoms with Crippen molar-refractivity contribution in [1.82, 2.24) is 0 Å². The summed E-state index contributed by atoms with van der Waals surface area (Å²) in [6, 6.07) is 0. The van der Waals surface area contributed by atoms with Crippen LogP contribution in [0.4, 0.5) is 0 Å². The number of esters is 1. The number of unbranched alkanes of at least 4 members (excludes halogenated alkanes) is 8. The van der Waals surface area contributed by atoms with Gasteiger partial charge in [-0.05, 0) is 13.3 Å². The lowest BCUT2D eigenvalue weighted by Gasteiger charge is -2.04. The summed E-state index contributed by atoms with van der Waals surface area (Å²) in [5.41, 5.74) is 0.487. The van der Waals surface area contributed by atoms with Crippen LogP contribution >= 0.6 is 0 Å². The van der Waals surface area contributed by atoms with Gasteiger partial charge in [-0.15, -0.1) is 0 Å². The summed E-state index contributed by atoms with van der Waals surface area (Å²) in [5, 5.41) is 7.60. The average molecular weight is 312 g/mol. The van der Waals surface area contributed by atoms with Gasteiger partial charge in [-0.25, -0.2) is 9.59 Å². The van der Waals surface area contributed by atoms with Gasteiger partial charge in [-0.3, -0.25) is 0 Å². The van der Waals surface area contributed by atoms with Gasteiger partial charge in [-0.1, -0.05) is 71.4 Å². The second kappa shape index (κ2) is 17.5. The van der Waals surface area contributed by atoms with Crippen molar-refractivity contribution in [3.63, 3.8) is 0 Å². The molecular formula is C18H32O4. The number of aliphatic carboxylic acids is 1. The number of hydrogen-bond acceptors (Lipinski definition) is 3. The maximum Gasteiger partial charge on any atom is 0.333 e. The Hall–Kier alpha value is -1.58. The van der Waals surface area contributed by atoms with E-state index >= 15 is 0 Å². The highest BCUT2D eigenvalue weighted by molar-refractivity contribution is 5.86. The zero-order valence-electron chi connectivity index (χ0n) is 14.2.